The number of benzene rings is 1. The number of phenolic OH excluding ortho intramolecular Hbond substituents is 1. The molecule has 0 radical (unpaired) electrons. The van der Waals surface area contributed by atoms with Crippen molar-refractivity contribution in [1.82, 2.24) is 8.75 Å². The topological polar surface area (TPSA) is 46.0 Å². The highest BCUT2D eigenvalue weighted by molar-refractivity contribution is 9.10. The number of aromatic nitrogens is 2. The quantitative estimate of drug-likeness (QED) is 0.755. The van der Waals surface area contributed by atoms with E-state index < -0.39 is 0 Å². The van der Waals surface area contributed by atoms with Gasteiger partial charge in [0.1, 0.15) is 16.8 Å². The van der Waals surface area contributed by atoms with Crippen molar-refractivity contribution in [3.05, 3.63) is 16.6 Å². The van der Waals surface area contributed by atoms with Gasteiger partial charge in [-0.15, -0.1) is 0 Å². The largest absolute Gasteiger partial charge is 0.507 e. The minimum absolute atomic E-state index is 0.199. The Morgan fingerprint density at radius 1 is 1.36 bits per heavy atom. The molecule has 1 aromatic heterocycles. The summed E-state index contributed by atoms with van der Waals surface area (Å²) in [6, 6.07) is 3.33. The molecule has 0 aliphatic rings. The number of hydrogen-bond donors (Lipinski definition) is 1. The summed E-state index contributed by atoms with van der Waals surface area (Å²) in [7, 11) is 0. The molecule has 0 saturated heterocycles. The summed E-state index contributed by atoms with van der Waals surface area (Å²) in [6.07, 6.45) is 0. The van der Waals surface area contributed by atoms with Gasteiger partial charge in [-0.25, -0.2) is 0 Å². The first-order valence-electron chi connectivity index (χ1n) is 2.89. The van der Waals surface area contributed by atoms with Crippen molar-refractivity contribution in [2.45, 2.75) is 0 Å². The molecule has 0 aliphatic heterocycles. The number of nitrogens with zero attached hydrogens (tertiary/aromatic N) is 2. The summed E-state index contributed by atoms with van der Waals surface area (Å²) in [5.74, 6) is 0.199. The minimum atomic E-state index is 0.199. The van der Waals surface area contributed by atoms with Crippen LogP contribution in [0.4, 0.5) is 0 Å². The molecule has 0 atom stereocenters. The summed E-state index contributed by atoms with van der Waals surface area (Å²) in [5, 5.41) is 9.23. The maximum Gasteiger partial charge on any atom is 0.132 e. The fraction of sp³-hybridized carbons (Fsp3) is 0. The lowest BCUT2D eigenvalue weighted by Gasteiger charge is -1.93. The van der Waals surface area contributed by atoms with Gasteiger partial charge in [-0.2, -0.15) is 8.75 Å². The van der Waals surface area contributed by atoms with E-state index in [2.05, 4.69) is 24.7 Å². The van der Waals surface area contributed by atoms with Gasteiger partial charge in [-0.05, 0) is 28.1 Å². The Hall–Kier alpha value is -0.680. The number of halogens is 1. The first-order valence-corrected chi connectivity index (χ1v) is 4.41. The summed E-state index contributed by atoms with van der Waals surface area (Å²) in [5.41, 5.74) is 1.52. The molecule has 11 heavy (non-hydrogen) atoms. The highest BCUT2D eigenvalue weighted by atomic mass is 79.9. The van der Waals surface area contributed by atoms with Crippen LogP contribution in [0.1, 0.15) is 0 Å². The van der Waals surface area contributed by atoms with E-state index in [-0.39, 0.29) is 5.75 Å². The van der Waals surface area contributed by atoms with Gasteiger partial charge >= 0.3 is 0 Å². The molecule has 5 heteroatoms. The maximum atomic E-state index is 9.23. The van der Waals surface area contributed by atoms with E-state index in [9.17, 15) is 5.11 Å². The van der Waals surface area contributed by atoms with Crippen LogP contribution in [0.15, 0.2) is 16.6 Å². The summed E-state index contributed by atoms with van der Waals surface area (Å²) < 4.78 is 8.63. The molecule has 0 fully saturated rings. The zero-order valence-electron chi connectivity index (χ0n) is 5.28. The molecular weight excluding hydrogens is 228 g/mol. The lowest BCUT2D eigenvalue weighted by molar-refractivity contribution is 0.473. The molecule has 2 rings (SSSR count). The fourth-order valence-electron chi connectivity index (χ4n) is 0.809. The molecule has 3 nitrogen and oxygen atoms in total. The van der Waals surface area contributed by atoms with E-state index >= 15 is 0 Å². The summed E-state index contributed by atoms with van der Waals surface area (Å²) >= 11 is 4.35. The molecule has 1 heterocycles. The Labute approximate surface area is 75.1 Å². The van der Waals surface area contributed by atoms with Gasteiger partial charge in [0.2, 0.25) is 0 Å². The Morgan fingerprint density at radius 3 is 3.00 bits per heavy atom. The van der Waals surface area contributed by atoms with Gasteiger partial charge in [0, 0.05) is 0 Å². The van der Waals surface area contributed by atoms with Crippen LogP contribution >= 0.6 is 27.7 Å². The highest BCUT2D eigenvalue weighted by Gasteiger charge is 2.06. The Morgan fingerprint density at radius 2 is 2.18 bits per heavy atom. The second kappa shape index (κ2) is 2.42. The second-order valence-electron chi connectivity index (χ2n) is 2.03. The first kappa shape index (κ1) is 7.00. The van der Waals surface area contributed by atoms with Crippen molar-refractivity contribution >= 4 is 38.7 Å². The lowest BCUT2D eigenvalue weighted by Crippen LogP contribution is -1.72. The number of fused-ring (bicyclic) bond motifs is 1. The van der Waals surface area contributed by atoms with Crippen molar-refractivity contribution in [2.75, 3.05) is 0 Å². The van der Waals surface area contributed by atoms with Crippen molar-refractivity contribution in [3.8, 4) is 5.75 Å². The van der Waals surface area contributed by atoms with Gasteiger partial charge in [0.15, 0.2) is 0 Å². The normalized spacial score (nSPS) is 10.6. The zero-order valence-corrected chi connectivity index (χ0v) is 7.69. The van der Waals surface area contributed by atoms with Crippen LogP contribution in [-0.2, 0) is 0 Å². The molecule has 0 amide bonds. The fourth-order valence-corrected chi connectivity index (χ4v) is 1.89. The average molecular weight is 231 g/mol. The van der Waals surface area contributed by atoms with Crippen molar-refractivity contribution in [2.24, 2.45) is 0 Å². The standard InChI is InChI=1S/C6H3BrN2OS/c7-5-4(10)2-1-3-6(5)9-11-8-3/h1-2,10H. The van der Waals surface area contributed by atoms with Crippen LogP contribution in [-0.4, -0.2) is 13.9 Å². The Bertz CT molecular complexity index is 400. The Kier molecular flexibility index (Phi) is 1.54. The third kappa shape index (κ3) is 1.00. The van der Waals surface area contributed by atoms with E-state index in [1.165, 1.54) is 0 Å². The highest BCUT2D eigenvalue weighted by Crippen LogP contribution is 2.30. The van der Waals surface area contributed by atoms with Gasteiger partial charge < -0.3 is 5.11 Å². The van der Waals surface area contributed by atoms with Crippen molar-refractivity contribution < 1.29 is 5.11 Å². The minimum Gasteiger partial charge on any atom is -0.507 e. The van der Waals surface area contributed by atoms with E-state index in [4.69, 9.17) is 0 Å². The van der Waals surface area contributed by atoms with E-state index in [1.807, 2.05) is 0 Å². The van der Waals surface area contributed by atoms with Gasteiger partial charge in [0.05, 0.1) is 16.2 Å². The molecule has 1 N–H and O–H groups in total. The van der Waals surface area contributed by atoms with E-state index in [0.717, 1.165) is 22.8 Å². The smallest absolute Gasteiger partial charge is 0.132 e. The predicted molar refractivity (Wildman–Crippen MR) is 46.8 cm³/mol. The third-order valence-corrected chi connectivity index (χ3v) is 2.67. The van der Waals surface area contributed by atoms with Crippen molar-refractivity contribution in [1.29, 1.82) is 0 Å². The molecule has 0 unspecified atom stereocenters. The SMILES string of the molecule is Oc1ccc2nsnc2c1Br. The maximum absolute atomic E-state index is 9.23. The molecule has 0 saturated carbocycles. The Balaban J connectivity index is 2.93. The number of rotatable bonds is 0. The van der Waals surface area contributed by atoms with Crippen LogP contribution in [0, 0.1) is 0 Å². The first-order chi connectivity index (χ1) is 5.29. The van der Waals surface area contributed by atoms with E-state index in [0.29, 0.717) is 4.47 Å². The summed E-state index contributed by atoms with van der Waals surface area (Å²) in [4.78, 5) is 0. The summed E-state index contributed by atoms with van der Waals surface area (Å²) in [6.45, 7) is 0. The third-order valence-electron chi connectivity index (χ3n) is 1.35. The molecule has 0 spiro atoms. The van der Waals surface area contributed by atoms with Crippen molar-refractivity contribution in [3.63, 3.8) is 0 Å². The molecule has 56 valence electrons. The second-order valence-corrected chi connectivity index (χ2v) is 3.35. The lowest BCUT2D eigenvalue weighted by atomic mass is 10.3. The molecular formula is C6H3BrN2OS. The monoisotopic (exact) mass is 230 g/mol. The number of phenols is 1. The van der Waals surface area contributed by atoms with Crippen LogP contribution in [0.2, 0.25) is 0 Å². The number of hydrogen-bond acceptors (Lipinski definition) is 4. The van der Waals surface area contributed by atoms with Crippen LogP contribution in [0.5, 0.6) is 5.75 Å². The molecule has 2 aromatic rings. The van der Waals surface area contributed by atoms with Crippen LogP contribution < -0.4 is 0 Å². The average Bonchev–Trinajstić information content (AvgIpc) is 2.45. The van der Waals surface area contributed by atoms with Gasteiger partial charge in [-0.3, -0.25) is 0 Å². The number of aromatic hydroxyl groups is 1. The molecule has 1 aromatic carbocycles. The predicted octanol–water partition coefficient (Wildman–Crippen LogP) is 2.16. The van der Waals surface area contributed by atoms with Gasteiger partial charge in [0.25, 0.3) is 0 Å². The molecule has 0 bridgehead atoms. The van der Waals surface area contributed by atoms with Gasteiger partial charge in [-0.1, -0.05) is 0 Å². The van der Waals surface area contributed by atoms with Crippen LogP contribution in [0.3, 0.4) is 0 Å². The van der Waals surface area contributed by atoms with E-state index in [1.54, 1.807) is 12.1 Å². The zero-order chi connectivity index (χ0) is 7.84. The van der Waals surface area contributed by atoms with Crippen LogP contribution in [0.25, 0.3) is 11.0 Å². The molecule has 0 aliphatic carbocycles.